The van der Waals surface area contributed by atoms with Crippen LogP contribution in [0.4, 0.5) is 0 Å². The normalized spacial score (nSPS) is 20.6. The third-order valence-electron chi connectivity index (χ3n) is 3.18. The van der Waals surface area contributed by atoms with Crippen LogP contribution in [0.1, 0.15) is 18.4 Å². The number of rotatable bonds is 0. The maximum atomic E-state index is 9.27. The van der Waals surface area contributed by atoms with Crippen LogP contribution in [0.5, 0.6) is 5.75 Å². The number of allylic oxidation sites excluding steroid dienone is 3. The molecule has 0 fully saturated rings. The van der Waals surface area contributed by atoms with Gasteiger partial charge in [0.05, 0.1) is 0 Å². The molecular formula is C14H13NO2. The van der Waals surface area contributed by atoms with Crippen LogP contribution in [0.25, 0.3) is 0 Å². The molecule has 0 saturated carbocycles. The van der Waals surface area contributed by atoms with E-state index in [9.17, 15) is 5.21 Å². The summed E-state index contributed by atoms with van der Waals surface area (Å²) in [6.45, 7) is 0.579. The number of fused-ring (bicyclic) bond motifs is 1. The summed E-state index contributed by atoms with van der Waals surface area (Å²) in [6, 6.07) is 7.67. The van der Waals surface area contributed by atoms with Gasteiger partial charge in [0.2, 0.25) is 0 Å². The van der Waals surface area contributed by atoms with Crippen LogP contribution in [0.15, 0.2) is 52.7 Å². The Morgan fingerprint density at radius 3 is 3.00 bits per heavy atom. The highest BCUT2D eigenvalue weighted by Gasteiger charge is 2.22. The molecule has 3 nitrogen and oxygen atoms in total. The first-order valence-electron chi connectivity index (χ1n) is 5.73. The van der Waals surface area contributed by atoms with Crippen LogP contribution in [0.2, 0.25) is 0 Å². The van der Waals surface area contributed by atoms with Gasteiger partial charge in [-0.05, 0) is 30.5 Å². The van der Waals surface area contributed by atoms with Gasteiger partial charge in [0.15, 0.2) is 0 Å². The lowest BCUT2D eigenvalue weighted by molar-refractivity contribution is 0.319. The van der Waals surface area contributed by atoms with Crippen molar-refractivity contribution < 1.29 is 9.94 Å². The molecular weight excluding hydrogens is 214 g/mol. The van der Waals surface area contributed by atoms with E-state index < -0.39 is 0 Å². The zero-order valence-corrected chi connectivity index (χ0v) is 9.39. The Bertz CT molecular complexity index is 541. The SMILES string of the molecule is O/N=C1\C2=C(CCC=C2)COc2ccccc21. The van der Waals surface area contributed by atoms with Gasteiger partial charge in [-0.2, -0.15) is 0 Å². The van der Waals surface area contributed by atoms with Gasteiger partial charge in [-0.3, -0.25) is 0 Å². The third kappa shape index (κ3) is 1.64. The molecule has 1 aliphatic carbocycles. The number of hydrogen-bond donors (Lipinski definition) is 1. The van der Waals surface area contributed by atoms with E-state index in [0.29, 0.717) is 12.3 Å². The van der Waals surface area contributed by atoms with Crippen molar-refractivity contribution in [3.63, 3.8) is 0 Å². The third-order valence-corrected chi connectivity index (χ3v) is 3.18. The van der Waals surface area contributed by atoms with Gasteiger partial charge in [-0.15, -0.1) is 0 Å². The molecule has 0 saturated heterocycles. The Balaban J connectivity index is 2.18. The van der Waals surface area contributed by atoms with Crippen LogP contribution < -0.4 is 4.74 Å². The van der Waals surface area contributed by atoms with E-state index in [0.717, 1.165) is 29.7 Å². The number of oxime groups is 1. The van der Waals surface area contributed by atoms with Crippen molar-refractivity contribution in [1.82, 2.24) is 0 Å². The minimum absolute atomic E-state index is 0.579. The molecule has 1 N–H and O–H groups in total. The smallest absolute Gasteiger partial charge is 0.129 e. The van der Waals surface area contributed by atoms with Crippen LogP contribution in [0.3, 0.4) is 0 Å². The zero-order valence-electron chi connectivity index (χ0n) is 9.39. The van der Waals surface area contributed by atoms with E-state index in [1.54, 1.807) is 0 Å². The second-order valence-corrected chi connectivity index (χ2v) is 4.19. The van der Waals surface area contributed by atoms with Gasteiger partial charge in [-0.25, -0.2) is 0 Å². The molecule has 1 aromatic carbocycles. The first-order valence-corrected chi connectivity index (χ1v) is 5.73. The molecule has 0 atom stereocenters. The van der Waals surface area contributed by atoms with Gasteiger partial charge in [0.25, 0.3) is 0 Å². The molecule has 3 rings (SSSR count). The summed E-state index contributed by atoms with van der Waals surface area (Å²) in [5.41, 5.74) is 3.68. The number of hydrogen-bond acceptors (Lipinski definition) is 3. The molecule has 17 heavy (non-hydrogen) atoms. The minimum Gasteiger partial charge on any atom is -0.489 e. The first-order chi connectivity index (χ1) is 8.40. The Morgan fingerprint density at radius 2 is 2.12 bits per heavy atom. The highest BCUT2D eigenvalue weighted by atomic mass is 16.5. The van der Waals surface area contributed by atoms with Crippen molar-refractivity contribution in [1.29, 1.82) is 0 Å². The van der Waals surface area contributed by atoms with E-state index >= 15 is 0 Å². The monoisotopic (exact) mass is 227 g/mol. The average molecular weight is 227 g/mol. The Labute approximate surface area is 99.7 Å². The molecule has 3 heteroatoms. The summed E-state index contributed by atoms with van der Waals surface area (Å²) >= 11 is 0. The summed E-state index contributed by atoms with van der Waals surface area (Å²) in [5, 5.41) is 12.7. The summed E-state index contributed by atoms with van der Waals surface area (Å²) < 4.78 is 5.77. The molecule has 0 spiro atoms. The molecule has 0 aromatic heterocycles. The van der Waals surface area contributed by atoms with E-state index in [1.807, 2.05) is 30.3 Å². The summed E-state index contributed by atoms with van der Waals surface area (Å²) in [5.74, 6) is 0.781. The Hall–Kier alpha value is -2.03. The predicted molar refractivity (Wildman–Crippen MR) is 65.7 cm³/mol. The van der Waals surface area contributed by atoms with Crippen LogP contribution in [-0.2, 0) is 0 Å². The molecule has 0 amide bonds. The van der Waals surface area contributed by atoms with Crippen molar-refractivity contribution in [2.24, 2.45) is 5.16 Å². The number of nitrogens with zero attached hydrogens (tertiary/aromatic N) is 1. The lowest BCUT2D eigenvalue weighted by atomic mass is 9.92. The zero-order chi connectivity index (χ0) is 11.7. The van der Waals surface area contributed by atoms with Gasteiger partial charge in [-0.1, -0.05) is 29.4 Å². The van der Waals surface area contributed by atoms with Gasteiger partial charge in [0, 0.05) is 11.1 Å². The van der Waals surface area contributed by atoms with Crippen molar-refractivity contribution in [2.45, 2.75) is 12.8 Å². The lowest BCUT2D eigenvalue weighted by Crippen LogP contribution is -2.08. The van der Waals surface area contributed by atoms with E-state index in [4.69, 9.17) is 4.74 Å². The largest absolute Gasteiger partial charge is 0.489 e. The Morgan fingerprint density at radius 1 is 1.24 bits per heavy atom. The standard InChI is InChI=1S/C14H13NO2/c16-15-14-11-6-2-1-5-10(11)9-17-13-8-4-3-7-12(13)14/h2-4,6-8,16H,1,5,9H2/b15-14+. The second kappa shape index (κ2) is 4.09. The van der Waals surface area contributed by atoms with Crippen molar-refractivity contribution >= 4 is 5.71 Å². The summed E-state index contributed by atoms with van der Waals surface area (Å²) in [4.78, 5) is 0. The average Bonchev–Trinajstić information content (AvgIpc) is 2.55. The van der Waals surface area contributed by atoms with Crippen LogP contribution in [-0.4, -0.2) is 17.5 Å². The first kappa shape index (κ1) is 10.1. The maximum Gasteiger partial charge on any atom is 0.129 e. The molecule has 0 radical (unpaired) electrons. The van der Waals surface area contributed by atoms with E-state index in [2.05, 4.69) is 11.2 Å². The molecule has 1 aliphatic heterocycles. The van der Waals surface area contributed by atoms with Gasteiger partial charge < -0.3 is 9.94 Å². The number of ether oxygens (including phenoxy) is 1. The maximum absolute atomic E-state index is 9.27. The van der Waals surface area contributed by atoms with Crippen LogP contribution >= 0.6 is 0 Å². The fraction of sp³-hybridized carbons (Fsp3) is 0.214. The fourth-order valence-corrected chi connectivity index (χ4v) is 2.31. The summed E-state index contributed by atoms with van der Waals surface area (Å²) in [7, 11) is 0. The predicted octanol–water partition coefficient (Wildman–Crippen LogP) is 2.90. The molecule has 2 aliphatic rings. The lowest BCUT2D eigenvalue weighted by Gasteiger charge is -2.12. The highest BCUT2D eigenvalue weighted by Crippen LogP contribution is 2.31. The minimum atomic E-state index is 0.579. The van der Waals surface area contributed by atoms with Crippen molar-refractivity contribution in [3.8, 4) is 5.75 Å². The molecule has 1 aromatic rings. The number of benzene rings is 1. The van der Waals surface area contributed by atoms with E-state index in [1.165, 1.54) is 5.57 Å². The molecule has 1 heterocycles. The Kier molecular flexibility index (Phi) is 2.44. The van der Waals surface area contributed by atoms with Gasteiger partial charge >= 0.3 is 0 Å². The molecule has 0 bridgehead atoms. The number of para-hydroxylation sites is 1. The molecule has 86 valence electrons. The topological polar surface area (TPSA) is 41.8 Å². The van der Waals surface area contributed by atoms with E-state index in [-0.39, 0.29) is 0 Å². The summed E-state index contributed by atoms with van der Waals surface area (Å²) in [6.07, 6.45) is 6.13. The van der Waals surface area contributed by atoms with Crippen molar-refractivity contribution in [3.05, 3.63) is 53.1 Å². The van der Waals surface area contributed by atoms with Crippen LogP contribution in [0, 0.1) is 0 Å². The highest BCUT2D eigenvalue weighted by molar-refractivity contribution is 6.16. The fourth-order valence-electron chi connectivity index (χ4n) is 2.31. The molecule has 0 unspecified atom stereocenters. The van der Waals surface area contributed by atoms with Crippen molar-refractivity contribution in [2.75, 3.05) is 6.61 Å². The van der Waals surface area contributed by atoms with Gasteiger partial charge in [0.1, 0.15) is 18.1 Å². The second-order valence-electron chi connectivity index (χ2n) is 4.19. The quantitative estimate of drug-likeness (QED) is 0.547.